The molecule has 2 heterocycles. The van der Waals surface area contributed by atoms with E-state index in [4.69, 9.17) is 9.47 Å². The number of rotatable bonds is 27. The van der Waals surface area contributed by atoms with E-state index in [0.717, 1.165) is 61.8 Å². The Bertz CT molecular complexity index is 1140. The van der Waals surface area contributed by atoms with Crippen molar-refractivity contribution in [2.45, 2.75) is 179 Å². The molecule has 2 rings (SSSR count). The highest BCUT2D eigenvalue weighted by molar-refractivity contribution is 7.46. The van der Waals surface area contributed by atoms with E-state index < -0.39 is 62.7 Å². The van der Waals surface area contributed by atoms with Crippen LogP contribution in [0.3, 0.4) is 0 Å². The molecular weight excluding hydrogens is 631 g/mol. The molecule has 1 aromatic rings. The van der Waals surface area contributed by atoms with Crippen LogP contribution in [0.4, 0.5) is 0 Å². The molecule has 0 aliphatic carbocycles. The lowest BCUT2D eigenvalue weighted by molar-refractivity contribution is -0.173. The van der Waals surface area contributed by atoms with Gasteiger partial charge in [-0.15, -0.1) is 0 Å². The van der Waals surface area contributed by atoms with E-state index in [0.29, 0.717) is 17.4 Å². The molecule has 47 heavy (non-hydrogen) atoms. The molecule has 1 saturated heterocycles. The lowest BCUT2D eigenvalue weighted by atomic mass is 10.1. The first-order valence-corrected chi connectivity index (χ1v) is 19.4. The highest BCUT2D eigenvalue weighted by Crippen LogP contribution is 2.39. The Balaban J connectivity index is 2.00. The molecule has 0 radical (unpaired) electrons. The Morgan fingerprint density at radius 2 is 1.30 bits per heavy atom. The van der Waals surface area contributed by atoms with Gasteiger partial charge in [-0.3, -0.25) is 13.9 Å². The Hall–Kier alpha value is -1.41. The molecule has 0 spiro atoms. The maximum absolute atomic E-state index is 13.4. The van der Waals surface area contributed by atoms with Crippen molar-refractivity contribution in [3.8, 4) is 0 Å². The van der Waals surface area contributed by atoms with Gasteiger partial charge in [0.1, 0.15) is 24.5 Å². The molecule has 2 unspecified atom stereocenters. The zero-order chi connectivity index (χ0) is 34.7. The predicted octanol–water partition coefficient (Wildman–Crippen LogP) is 5.41. The van der Waals surface area contributed by atoms with Crippen LogP contribution in [0.1, 0.15) is 155 Å². The molecular formula is C33H61N2O11P. The van der Waals surface area contributed by atoms with Gasteiger partial charge < -0.3 is 34.6 Å². The van der Waals surface area contributed by atoms with E-state index in [1.54, 1.807) is 0 Å². The van der Waals surface area contributed by atoms with Gasteiger partial charge in [-0.2, -0.15) is 0 Å². The van der Waals surface area contributed by atoms with Gasteiger partial charge in [0.2, 0.25) is 0 Å². The summed E-state index contributed by atoms with van der Waals surface area (Å²) in [5.74, 6) is 0. The van der Waals surface area contributed by atoms with Gasteiger partial charge >= 0.3 is 13.5 Å². The molecule has 13 nitrogen and oxygen atoms in total. The first kappa shape index (κ1) is 41.8. The number of aliphatic hydroxyl groups excluding tert-OH is 3. The molecule has 1 aliphatic heterocycles. The van der Waals surface area contributed by atoms with Crippen molar-refractivity contribution in [2.75, 3.05) is 6.61 Å². The SMILES string of the molecule is CCCCCCCCCCCC(O)O[C@H]1[C@@H](O)[C@H](n2ccc(=O)n(C(O)CCCCCCCCCCC)c2=O)O[C@@H]1COP(=O)(O)O. The summed E-state index contributed by atoms with van der Waals surface area (Å²) in [5, 5.41) is 32.5. The van der Waals surface area contributed by atoms with E-state index >= 15 is 0 Å². The summed E-state index contributed by atoms with van der Waals surface area (Å²) in [5.41, 5.74) is -1.64. The Morgan fingerprint density at radius 1 is 0.809 bits per heavy atom. The fraction of sp³-hybridized carbons (Fsp3) is 0.879. The molecule has 274 valence electrons. The summed E-state index contributed by atoms with van der Waals surface area (Å²) in [6.07, 6.45) is 12.8. The van der Waals surface area contributed by atoms with E-state index in [9.17, 15) is 39.3 Å². The van der Waals surface area contributed by atoms with Crippen molar-refractivity contribution in [3.63, 3.8) is 0 Å². The van der Waals surface area contributed by atoms with Gasteiger partial charge in [0.25, 0.3) is 5.56 Å². The maximum atomic E-state index is 13.4. The second-order valence-corrected chi connectivity index (χ2v) is 14.1. The molecule has 6 atom stereocenters. The Kier molecular flexibility index (Phi) is 20.5. The smallest absolute Gasteiger partial charge is 0.386 e. The van der Waals surface area contributed by atoms with E-state index in [2.05, 4.69) is 18.4 Å². The van der Waals surface area contributed by atoms with Crippen LogP contribution in [0.15, 0.2) is 21.9 Å². The number of ether oxygens (including phenoxy) is 2. The molecule has 1 fully saturated rings. The minimum atomic E-state index is -4.92. The van der Waals surface area contributed by atoms with Crippen molar-refractivity contribution < 1.29 is 43.7 Å². The molecule has 1 aromatic heterocycles. The minimum Gasteiger partial charge on any atom is -0.386 e. The fourth-order valence-electron chi connectivity index (χ4n) is 6.04. The third-order valence-corrected chi connectivity index (χ3v) is 9.25. The van der Waals surface area contributed by atoms with Gasteiger partial charge in [-0.1, -0.05) is 117 Å². The molecule has 0 amide bonds. The fourth-order valence-corrected chi connectivity index (χ4v) is 6.38. The zero-order valence-electron chi connectivity index (χ0n) is 28.5. The van der Waals surface area contributed by atoms with Crippen molar-refractivity contribution in [1.29, 1.82) is 0 Å². The Morgan fingerprint density at radius 3 is 1.81 bits per heavy atom. The number of hydrogen-bond acceptors (Lipinski definition) is 9. The van der Waals surface area contributed by atoms with Crippen LogP contribution in [0.5, 0.6) is 0 Å². The average Bonchev–Trinajstić information content (AvgIpc) is 3.32. The van der Waals surface area contributed by atoms with Gasteiger partial charge in [0.15, 0.2) is 12.5 Å². The number of aromatic nitrogens is 2. The first-order chi connectivity index (χ1) is 22.5. The van der Waals surface area contributed by atoms with Crippen LogP contribution in [-0.2, 0) is 18.6 Å². The molecule has 0 bridgehead atoms. The second kappa shape index (κ2) is 23.1. The van der Waals surface area contributed by atoms with E-state index in [1.807, 2.05) is 0 Å². The number of phosphoric ester groups is 1. The van der Waals surface area contributed by atoms with Gasteiger partial charge in [0.05, 0.1) is 6.61 Å². The predicted molar refractivity (Wildman–Crippen MR) is 179 cm³/mol. The highest BCUT2D eigenvalue weighted by Gasteiger charge is 2.47. The summed E-state index contributed by atoms with van der Waals surface area (Å²) >= 11 is 0. The topological polar surface area (TPSA) is 190 Å². The molecule has 5 N–H and O–H groups in total. The van der Waals surface area contributed by atoms with Crippen molar-refractivity contribution in [3.05, 3.63) is 33.1 Å². The summed E-state index contributed by atoms with van der Waals surface area (Å²) < 4.78 is 29.1. The van der Waals surface area contributed by atoms with Crippen LogP contribution in [0.25, 0.3) is 0 Å². The van der Waals surface area contributed by atoms with E-state index in [-0.39, 0.29) is 12.8 Å². The van der Waals surface area contributed by atoms with Crippen LogP contribution in [0.2, 0.25) is 0 Å². The molecule has 0 aromatic carbocycles. The van der Waals surface area contributed by atoms with E-state index in [1.165, 1.54) is 57.8 Å². The lowest BCUT2D eigenvalue weighted by Gasteiger charge is -2.24. The summed E-state index contributed by atoms with van der Waals surface area (Å²) in [4.78, 5) is 44.5. The Labute approximate surface area is 279 Å². The number of aliphatic hydroxyl groups is 3. The number of nitrogens with zero attached hydrogens (tertiary/aromatic N) is 2. The summed E-state index contributed by atoms with van der Waals surface area (Å²) in [7, 11) is -4.92. The molecule has 0 saturated carbocycles. The number of unbranched alkanes of at least 4 members (excludes halogenated alkanes) is 16. The quantitative estimate of drug-likeness (QED) is 0.0450. The third-order valence-electron chi connectivity index (χ3n) is 8.77. The summed E-state index contributed by atoms with van der Waals surface area (Å²) in [6.45, 7) is 3.67. The van der Waals surface area contributed by atoms with Crippen LogP contribution in [0, 0.1) is 0 Å². The molecule has 14 heteroatoms. The normalized spacial score (nSPS) is 21.3. The van der Waals surface area contributed by atoms with Gasteiger partial charge in [-0.25, -0.2) is 13.9 Å². The maximum Gasteiger partial charge on any atom is 0.469 e. The van der Waals surface area contributed by atoms with Gasteiger partial charge in [-0.05, 0) is 25.7 Å². The first-order valence-electron chi connectivity index (χ1n) is 17.9. The van der Waals surface area contributed by atoms with Crippen LogP contribution in [-0.4, -0.2) is 65.4 Å². The lowest BCUT2D eigenvalue weighted by Crippen LogP contribution is -2.45. The number of phosphoric acid groups is 1. The number of hydrogen-bond donors (Lipinski definition) is 5. The monoisotopic (exact) mass is 692 g/mol. The highest BCUT2D eigenvalue weighted by atomic mass is 31.2. The zero-order valence-corrected chi connectivity index (χ0v) is 29.4. The van der Waals surface area contributed by atoms with Crippen LogP contribution >= 0.6 is 7.82 Å². The summed E-state index contributed by atoms with van der Waals surface area (Å²) in [6, 6.07) is 1.07. The minimum absolute atomic E-state index is 0.193. The van der Waals surface area contributed by atoms with Crippen LogP contribution < -0.4 is 11.2 Å². The molecule has 1 aliphatic rings. The van der Waals surface area contributed by atoms with Crippen molar-refractivity contribution in [2.24, 2.45) is 0 Å². The second-order valence-electron chi connectivity index (χ2n) is 12.8. The van der Waals surface area contributed by atoms with Gasteiger partial charge in [0, 0.05) is 12.3 Å². The average molecular weight is 693 g/mol. The largest absolute Gasteiger partial charge is 0.469 e. The third kappa shape index (κ3) is 15.8. The van der Waals surface area contributed by atoms with Crippen molar-refractivity contribution >= 4 is 7.82 Å². The standard InChI is InChI=1S/C33H61N2O11P/c1-3-5-7-9-11-13-15-17-19-21-27(36)35-28(37)23-24-34(33(35)40)32-30(39)31(26(45-32)25-44-47(41,42)43)46-29(38)22-20-18-16-14-12-10-8-6-4-2/h23-24,26-27,29-32,36,38-39H,3-22,25H2,1-2H3,(H2,41,42,43)/t26-,27?,29?,30-,31-,32-/m1/s1. The van der Waals surface area contributed by atoms with Crippen molar-refractivity contribution in [1.82, 2.24) is 9.13 Å².